The highest BCUT2D eigenvalue weighted by molar-refractivity contribution is 5.81. The van der Waals surface area contributed by atoms with Crippen LogP contribution in [-0.4, -0.2) is 4.57 Å². The Labute approximate surface area is 138 Å². The molecule has 1 aliphatic rings. The lowest BCUT2D eigenvalue weighted by Gasteiger charge is -2.17. The third-order valence-electron chi connectivity index (χ3n) is 5.32. The van der Waals surface area contributed by atoms with E-state index in [2.05, 4.69) is 73.4 Å². The monoisotopic (exact) mass is 305 g/mol. The molecule has 0 atom stereocenters. The van der Waals surface area contributed by atoms with Crippen LogP contribution in [0.25, 0.3) is 22.4 Å². The van der Waals surface area contributed by atoms with E-state index in [9.17, 15) is 0 Å². The molecule has 2 heterocycles. The zero-order valence-corrected chi connectivity index (χ0v) is 14.6. The fourth-order valence-corrected chi connectivity index (χ4v) is 4.20. The number of nitrogens with zero attached hydrogens (tertiary/aromatic N) is 2. The zero-order chi connectivity index (χ0) is 16.1. The molecule has 4 rings (SSSR count). The first-order valence-corrected chi connectivity index (χ1v) is 8.69. The smallest absolute Gasteiger partial charge is 0.226 e. The normalized spacial score (nSPS) is 14.0. The van der Waals surface area contributed by atoms with Gasteiger partial charge in [0.15, 0.2) is 11.0 Å². The van der Waals surface area contributed by atoms with Crippen molar-refractivity contribution in [3.63, 3.8) is 0 Å². The first-order chi connectivity index (χ1) is 11.1. The number of benzene rings is 2. The molecular formula is C21H25N2+. The molecule has 2 nitrogen and oxygen atoms in total. The van der Waals surface area contributed by atoms with Crippen molar-refractivity contribution in [3.05, 3.63) is 53.1 Å². The number of aromatic nitrogens is 2. The molecular weight excluding hydrogens is 280 g/mol. The lowest BCUT2D eigenvalue weighted by Crippen LogP contribution is -2.39. The van der Waals surface area contributed by atoms with Gasteiger partial charge in [-0.15, -0.1) is 0 Å². The van der Waals surface area contributed by atoms with Crippen molar-refractivity contribution in [1.29, 1.82) is 0 Å². The van der Waals surface area contributed by atoms with Crippen molar-refractivity contribution in [2.75, 3.05) is 0 Å². The summed E-state index contributed by atoms with van der Waals surface area (Å²) in [4.78, 5) is 0. The van der Waals surface area contributed by atoms with Gasteiger partial charge in [0, 0.05) is 5.56 Å². The average molecular weight is 305 g/mol. The minimum absolute atomic E-state index is 0.586. The highest BCUT2D eigenvalue weighted by Crippen LogP contribution is 2.33. The van der Waals surface area contributed by atoms with Gasteiger partial charge in [-0.3, -0.25) is 0 Å². The standard InChI is InChI=1S/C21H25N2/c1-14(2)16-11-12-19-20-18(16)10-7-13-23(20)21(22(19)4)17-9-6-5-8-15(17)3/h5-6,8-9,11-12,14H,7,10,13H2,1-4H3/q+1. The molecule has 2 heteroatoms. The van der Waals surface area contributed by atoms with Crippen LogP contribution in [-0.2, 0) is 20.0 Å². The summed E-state index contributed by atoms with van der Waals surface area (Å²) in [7, 11) is 2.21. The third-order valence-corrected chi connectivity index (χ3v) is 5.32. The van der Waals surface area contributed by atoms with Crippen molar-refractivity contribution in [2.45, 2.75) is 46.1 Å². The van der Waals surface area contributed by atoms with Gasteiger partial charge in [0.05, 0.1) is 19.2 Å². The van der Waals surface area contributed by atoms with Crippen molar-refractivity contribution >= 4 is 11.0 Å². The van der Waals surface area contributed by atoms with Crippen molar-refractivity contribution in [3.8, 4) is 11.4 Å². The molecule has 0 amide bonds. The fraction of sp³-hybridized carbons (Fsp3) is 0.381. The molecule has 1 aromatic heterocycles. The van der Waals surface area contributed by atoms with Crippen LogP contribution in [0.3, 0.4) is 0 Å². The van der Waals surface area contributed by atoms with Crippen LogP contribution >= 0.6 is 0 Å². The Morgan fingerprint density at radius 1 is 1.09 bits per heavy atom. The van der Waals surface area contributed by atoms with Gasteiger partial charge in [0.1, 0.15) is 0 Å². The maximum atomic E-state index is 2.56. The summed E-state index contributed by atoms with van der Waals surface area (Å²) in [6.07, 6.45) is 2.45. The molecule has 0 saturated heterocycles. The van der Waals surface area contributed by atoms with E-state index >= 15 is 0 Å². The first-order valence-electron chi connectivity index (χ1n) is 8.69. The van der Waals surface area contributed by atoms with Crippen molar-refractivity contribution in [1.82, 2.24) is 4.57 Å². The summed E-state index contributed by atoms with van der Waals surface area (Å²) in [5.74, 6) is 1.93. The molecule has 118 valence electrons. The quantitative estimate of drug-likeness (QED) is 0.616. The predicted octanol–water partition coefficient (Wildman–Crippen LogP) is 4.51. The van der Waals surface area contributed by atoms with Gasteiger partial charge < -0.3 is 0 Å². The summed E-state index contributed by atoms with van der Waals surface area (Å²) in [5.41, 5.74) is 8.61. The Bertz CT molecular complexity index is 900. The number of aryl methyl sites for hydroxylation is 4. The largest absolute Gasteiger partial charge is 0.289 e. The van der Waals surface area contributed by atoms with Gasteiger partial charge in [0.25, 0.3) is 5.82 Å². The summed E-state index contributed by atoms with van der Waals surface area (Å²) < 4.78 is 4.94. The van der Waals surface area contributed by atoms with E-state index in [4.69, 9.17) is 0 Å². The Kier molecular flexibility index (Phi) is 3.29. The minimum atomic E-state index is 0.586. The van der Waals surface area contributed by atoms with Crippen LogP contribution in [0.15, 0.2) is 36.4 Å². The predicted molar refractivity (Wildman–Crippen MR) is 95.7 cm³/mol. The minimum Gasteiger partial charge on any atom is -0.226 e. The second-order valence-corrected chi connectivity index (χ2v) is 7.11. The summed E-state index contributed by atoms with van der Waals surface area (Å²) in [6, 6.07) is 13.4. The van der Waals surface area contributed by atoms with E-state index in [1.807, 2.05) is 0 Å². The van der Waals surface area contributed by atoms with E-state index in [1.54, 1.807) is 5.56 Å². The van der Waals surface area contributed by atoms with Gasteiger partial charge in [-0.05, 0) is 48.9 Å². The van der Waals surface area contributed by atoms with Gasteiger partial charge in [0.2, 0.25) is 0 Å². The van der Waals surface area contributed by atoms with Crippen molar-refractivity contribution in [2.24, 2.45) is 7.05 Å². The molecule has 0 bridgehead atoms. The average Bonchev–Trinajstić information content (AvgIpc) is 2.83. The summed E-state index contributed by atoms with van der Waals surface area (Å²) >= 11 is 0. The molecule has 0 unspecified atom stereocenters. The van der Waals surface area contributed by atoms with E-state index in [0.717, 1.165) is 6.54 Å². The Balaban J connectivity index is 2.11. The fourth-order valence-electron chi connectivity index (χ4n) is 4.20. The molecule has 0 aliphatic carbocycles. The number of hydrogen-bond donors (Lipinski definition) is 0. The molecule has 1 aliphatic heterocycles. The van der Waals surface area contributed by atoms with Crippen molar-refractivity contribution < 1.29 is 4.57 Å². The lowest BCUT2D eigenvalue weighted by atomic mass is 9.91. The van der Waals surface area contributed by atoms with Gasteiger partial charge >= 0.3 is 0 Å². The number of rotatable bonds is 2. The molecule has 0 fully saturated rings. The van der Waals surface area contributed by atoms with E-state index in [0.29, 0.717) is 5.92 Å². The van der Waals surface area contributed by atoms with Gasteiger partial charge in [-0.2, -0.15) is 0 Å². The third kappa shape index (κ3) is 2.04. The van der Waals surface area contributed by atoms with Crippen LogP contribution in [0.1, 0.15) is 42.9 Å². The van der Waals surface area contributed by atoms with Crippen LogP contribution < -0.4 is 4.57 Å². The summed E-state index contributed by atoms with van der Waals surface area (Å²) in [5, 5.41) is 0. The lowest BCUT2D eigenvalue weighted by molar-refractivity contribution is -0.664. The molecule has 0 saturated carbocycles. The zero-order valence-electron chi connectivity index (χ0n) is 14.6. The van der Waals surface area contributed by atoms with Crippen LogP contribution in [0.5, 0.6) is 0 Å². The SMILES string of the molecule is Cc1ccccc1-c1n(C)c2ccc(C(C)C)c3c2[n+]1CCC3. The molecule has 0 spiro atoms. The maximum Gasteiger partial charge on any atom is 0.289 e. The van der Waals surface area contributed by atoms with Crippen LogP contribution in [0.4, 0.5) is 0 Å². The molecule has 3 aromatic rings. The maximum absolute atomic E-state index is 2.56. The summed E-state index contributed by atoms with van der Waals surface area (Å²) in [6.45, 7) is 7.95. The second kappa shape index (κ2) is 5.23. The van der Waals surface area contributed by atoms with Crippen LogP contribution in [0, 0.1) is 6.92 Å². The Hall–Kier alpha value is -2.09. The highest BCUT2D eigenvalue weighted by atomic mass is 15.2. The van der Waals surface area contributed by atoms with Gasteiger partial charge in [-0.25, -0.2) is 9.13 Å². The first kappa shape index (κ1) is 14.5. The van der Waals surface area contributed by atoms with E-state index < -0.39 is 0 Å². The molecule has 0 radical (unpaired) electrons. The highest BCUT2D eigenvalue weighted by Gasteiger charge is 2.31. The Morgan fingerprint density at radius 3 is 2.61 bits per heavy atom. The topological polar surface area (TPSA) is 8.81 Å². The van der Waals surface area contributed by atoms with Crippen LogP contribution in [0.2, 0.25) is 0 Å². The van der Waals surface area contributed by atoms with E-state index in [1.165, 1.54) is 46.4 Å². The Morgan fingerprint density at radius 2 is 1.87 bits per heavy atom. The van der Waals surface area contributed by atoms with Gasteiger partial charge in [-0.1, -0.05) is 38.1 Å². The molecule has 0 N–H and O–H groups in total. The molecule has 2 aromatic carbocycles. The molecule has 23 heavy (non-hydrogen) atoms. The van der Waals surface area contributed by atoms with E-state index in [-0.39, 0.29) is 0 Å². The second-order valence-electron chi connectivity index (χ2n) is 7.11. The number of imidazole rings is 1. The number of hydrogen-bond acceptors (Lipinski definition) is 0.